The zero-order valence-corrected chi connectivity index (χ0v) is 20.4. The molecule has 3 rings (SSSR count). The van der Waals surface area contributed by atoms with Crippen LogP contribution in [0.2, 0.25) is 0 Å². The summed E-state index contributed by atoms with van der Waals surface area (Å²) in [5, 5.41) is 6.55. The van der Waals surface area contributed by atoms with Crippen molar-refractivity contribution >= 4 is 29.9 Å². The van der Waals surface area contributed by atoms with Crippen LogP contribution in [-0.4, -0.2) is 35.7 Å². The van der Waals surface area contributed by atoms with E-state index in [4.69, 9.17) is 4.74 Å². The fourth-order valence-electron chi connectivity index (χ4n) is 3.11. The van der Waals surface area contributed by atoms with Gasteiger partial charge in [-0.25, -0.2) is 14.4 Å². The first kappa shape index (κ1) is 24.6. The maximum Gasteiger partial charge on any atom is 0.191 e. The van der Waals surface area contributed by atoms with Crippen molar-refractivity contribution in [3.05, 3.63) is 77.6 Å². The van der Waals surface area contributed by atoms with Crippen LogP contribution in [0.3, 0.4) is 0 Å². The fourth-order valence-corrected chi connectivity index (χ4v) is 3.11. The van der Waals surface area contributed by atoms with E-state index in [2.05, 4.69) is 32.7 Å². The van der Waals surface area contributed by atoms with Crippen molar-refractivity contribution in [3.63, 3.8) is 0 Å². The standard InChI is InChI=1S/C23H28FN5O.HI/c1-4-25-23(27-12-11-18-5-8-20(30-3)9-6-18)28-16-19-7-10-22(21(24)15-19)29-14-13-26-17(29)2;/h5-10,13-15H,4,11-12,16H2,1-3H3,(H2,25,27,28);1H. The predicted molar refractivity (Wildman–Crippen MR) is 133 cm³/mol. The SMILES string of the molecule is CCNC(=NCc1ccc(-n2ccnc2C)c(F)c1)NCCc1ccc(OC)cc1.I. The van der Waals surface area contributed by atoms with Gasteiger partial charge < -0.3 is 19.9 Å². The number of ether oxygens (including phenoxy) is 1. The lowest BCUT2D eigenvalue weighted by atomic mass is 10.1. The molecule has 0 saturated heterocycles. The summed E-state index contributed by atoms with van der Waals surface area (Å²) in [7, 11) is 1.66. The van der Waals surface area contributed by atoms with Crippen LogP contribution in [0, 0.1) is 12.7 Å². The Kier molecular flexibility index (Phi) is 9.77. The summed E-state index contributed by atoms with van der Waals surface area (Å²) < 4.78 is 21.5. The van der Waals surface area contributed by atoms with Crippen LogP contribution in [0.1, 0.15) is 23.9 Å². The molecule has 31 heavy (non-hydrogen) atoms. The highest BCUT2D eigenvalue weighted by Crippen LogP contribution is 2.17. The average molecular weight is 537 g/mol. The molecule has 3 aromatic rings. The summed E-state index contributed by atoms with van der Waals surface area (Å²) in [5.41, 5.74) is 2.51. The lowest BCUT2D eigenvalue weighted by molar-refractivity contribution is 0.414. The van der Waals surface area contributed by atoms with Crippen molar-refractivity contribution in [2.24, 2.45) is 4.99 Å². The van der Waals surface area contributed by atoms with E-state index in [1.165, 1.54) is 11.6 Å². The van der Waals surface area contributed by atoms with Crippen molar-refractivity contribution in [2.75, 3.05) is 20.2 Å². The monoisotopic (exact) mass is 537 g/mol. The van der Waals surface area contributed by atoms with Crippen molar-refractivity contribution in [3.8, 4) is 11.4 Å². The van der Waals surface area contributed by atoms with Crippen molar-refractivity contribution in [1.82, 2.24) is 20.2 Å². The third kappa shape index (κ3) is 6.95. The number of methoxy groups -OCH3 is 1. The summed E-state index contributed by atoms with van der Waals surface area (Å²) in [5.74, 6) is 2.01. The molecular weight excluding hydrogens is 508 g/mol. The van der Waals surface area contributed by atoms with Gasteiger partial charge in [0.15, 0.2) is 5.96 Å². The Bertz CT molecular complexity index is 988. The van der Waals surface area contributed by atoms with Crippen molar-refractivity contribution in [1.29, 1.82) is 0 Å². The number of imidazole rings is 1. The summed E-state index contributed by atoms with van der Waals surface area (Å²) in [6, 6.07) is 13.2. The molecule has 8 heteroatoms. The van der Waals surface area contributed by atoms with Crippen LogP contribution in [-0.2, 0) is 13.0 Å². The zero-order valence-electron chi connectivity index (χ0n) is 18.1. The number of halogens is 2. The average Bonchev–Trinajstić information content (AvgIpc) is 3.18. The van der Waals surface area contributed by atoms with Gasteiger partial charge in [-0.3, -0.25) is 0 Å². The van der Waals surface area contributed by atoms with E-state index in [9.17, 15) is 4.39 Å². The molecule has 1 aromatic heterocycles. The van der Waals surface area contributed by atoms with Crippen LogP contribution in [0.4, 0.5) is 4.39 Å². The van der Waals surface area contributed by atoms with Crippen LogP contribution in [0.5, 0.6) is 5.75 Å². The number of aryl methyl sites for hydroxylation is 1. The predicted octanol–water partition coefficient (Wildman–Crippen LogP) is 4.24. The Morgan fingerprint density at radius 1 is 1.13 bits per heavy atom. The number of hydrogen-bond acceptors (Lipinski definition) is 3. The van der Waals surface area contributed by atoms with Crippen LogP contribution < -0.4 is 15.4 Å². The number of hydrogen-bond donors (Lipinski definition) is 2. The largest absolute Gasteiger partial charge is 0.497 e. The maximum absolute atomic E-state index is 14.6. The molecule has 0 saturated carbocycles. The second-order valence-electron chi connectivity index (χ2n) is 6.85. The van der Waals surface area contributed by atoms with Gasteiger partial charge in [0.05, 0.1) is 19.3 Å². The molecule has 0 aliphatic carbocycles. The number of rotatable bonds is 8. The van der Waals surface area contributed by atoms with Gasteiger partial charge >= 0.3 is 0 Å². The Morgan fingerprint density at radius 3 is 2.48 bits per heavy atom. The number of nitrogens with zero attached hydrogens (tertiary/aromatic N) is 3. The van der Waals surface area contributed by atoms with Crippen LogP contribution >= 0.6 is 24.0 Å². The van der Waals surface area contributed by atoms with E-state index in [1.54, 1.807) is 30.1 Å². The third-order valence-electron chi connectivity index (χ3n) is 4.73. The van der Waals surface area contributed by atoms with Gasteiger partial charge in [-0.1, -0.05) is 18.2 Å². The Hall–Kier alpha value is -2.62. The molecule has 0 amide bonds. The minimum atomic E-state index is -0.290. The van der Waals surface area contributed by atoms with E-state index in [1.807, 2.05) is 32.0 Å². The summed E-state index contributed by atoms with van der Waals surface area (Å²) >= 11 is 0. The van der Waals surface area contributed by atoms with Gasteiger partial charge in [0.25, 0.3) is 0 Å². The molecule has 166 valence electrons. The molecule has 0 radical (unpaired) electrons. The first-order chi connectivity index (χ1) is 14.6. The molecule has 0 bridgehead atoms. The van der Waals surface area contributed by atoms with Crippen molar-refractivity contribution in [2.45, 2.75) is 26.8 Å². The highest BCUT2D eigenvalue weighted by atomic mass is 127. The fraction of sp³-hybridized carbons (Fsp3) is 0.304. The highest BCUT2D eigenvalue weighted by molar-refractivity contribution is 14.0. The van der Waals surface area contributed by atoms with E-state index >= 15 is 0 Å². The number of benzene rings is 2. The lowest BCUT2D eigenvalue weighted by Gasteiger charge is -2.12. The molecule has 0 fully saturated rings. The van der Waals surface area contributed by atoms with Gasteiger partial charge in [0, 0.05) is 25.5 Å². The quantitative estimate of drug-likeness (QED) is 0.257. The molecule has 1 heterocycles. The topological polar surface area (TPSA) is 63.5 Å². The van der Waals surface area contributed by atoms with E-state index in [0.29, 0.717) is 18.2 Å². The molecule has 0 aliphatic rings. The summed E-state index contributed by atoms with van der Waals surface area (Å²) in [6.07, 6.45) is 4.27. The van der Waals surface area contributed by atoms with Gasteiger partial charge in [-0.15, -0.1) is 24.0 Å². The van der Waals surface area contributed by atoms with Crippen LogP contribution in [0.15, 0.2) is 59.9 Å². The molecular formula is C23H29FIN5O. The first-order valence-electron chi connectivity index (χ1n) is 10.0. The highest BCUT2D eigenvalue weighted by Gasteiger charge is 2.08. The lowest BCUT2D eigenvalue weighted by Crippen LogP contribution is -2.38. The molecule has 0 spiro atoms. The number of aromatic nitrogens is 2. The molecule has 6 nitrogen and oxygen atoms in total. The Labute approximate surface area is 200 Å². The normalized spacial score (nSPS) is 11.0. The van der Waals surface area contributed by atoms with Gasteiger partial charge in [0.1, 0.15) is 17.4 Å². The minimum absolute atomic E-state index is 0. The van der Waals surface area contributed by atoms with Crippen LogP contribution in [0.25, 0.3) is 5.69 Å². The van der Waals surface area contributed by atoms with Crippen molar-refractivity contribution < 1.29 is 9.13 Å². The number of aliphatic imine (C=N–C) groups is 1. The zero-order chi connectivity index (χ0) is 21.3. The molecule has 0 aliphatic heterocycles. The van der Waals surface area contributed by atoms with E-state index in [0.717, 1.165) is 36.6 Å². The smallest absolute Gasteiger partial charge is 0.191 e. The van der Waals surface area contributed by atoms with Gasteiger partial charge in [-0.05, 0) is 55.7 Å². The first-order valence-corrected chi connectivity index (χ1v) is 10.0. The third-order valence-corrected chi connectivity index (χ3v) is 4.73. The Morgan fingerprint density at radius 2 is 1.87 bits per heavy atom. The van der Waals surface area contributed by atoms with E-state index < -0.39 is 0 Å². The number of nitrogens with one attached hydrogen (secondary N) is 2. The summed E-state index contributed by atoms with van der Waals surface area (Å²) in [6.45, 7) is 5.74. The van der Waals surface area contributed by atoms with E-state index in [-0.39, 0.29) is 29.8 Å². The maximum atomic E-state index is 14.6. The number of guanidine groups is 1. The molecule has 2 N–H and O–H groups in total. The molecule has 2 aromatic carbocycles. The second kappa shape index (κ2) is 12.3. The Balaban J connectivity index is 0.00000341. The van der Waals surface area contributed by atoms with Gasteiger partial charge in [0.2, 0.25) is 0 Å². The minimum Gasteiger partial charge on any atom is -0.497 e. The second-order valence-corrected chi connectivity index (χ2v) is 6.85. The summed E-state index contributed by atoms with van der Waals surface area (Å²) in [4.78, 5) is 8.73. The molecule has 0 atom stereocenters. The van der Waals surface area contributed by atoms with Gasteiger partial charge in [-0.2, -0.15) is 0 Å². The molecule has 0 unspecified atom stereocenters.